The van der Waals surface area contributed by atoms with Crippen molar-refractivity contribution in [3.05, 3.63) is 52.8 Å². The van der Waals surface area contributed by atoms with Crippen molar-refractivity contribution in [1.29, 1.82) is 0 Å². The van der Waals surface area contributed by atoms with Crippen LogP contribution >= 0.6 is 22.9 Å². The maximum Gasteiger partial charge on any atom is 0.255 e. The predicted octanol–water partition coefficient (Wildman–Crippen LogP) is 4.45. The number of nitrogens with zero attached hydrogens (tertiary/aromatic N) is 3. The van der Waals surface area contributed by atoms with Gasteiger partial charge in [0.15, 0.2) is 5.13 Å². The van der Waals surface area contributed by atoms with E-state index in [1.165, 1.54) is 18.2 Å². The van der Waals surface area contributed by atoms with E-state index in [-0.39, 0.29) is 10.9 Å². The van der Waals surface area contributed by atoms with Crippen LogP contribution in [0.2, 0.25) is 5.02 Å². The summed E-state index contributed by atoms with van der Waals surface area (Å²) in [7, 11) is 0. The number of thiazole rings is 1. The van der Waals surface area contributed by atoms with E-state index in [1.807, 2.05) is 25.1 Å². The van der Waals surface area contributed by atoms with E-state index in [0.29, 0.717) is 38.3 Å². The molecule has 0 N–H and O–H groups in total. The standard InChI is InChI=1S/C20H19ClFN3O2S/c1-2-27-16-4-3-5-17-18(16)23-20(28-17)25-10-8-24(9-11-25)19(26)14-7-6-13(22)12-15(14)21/h3-7,12H,2,8-11H2,1H3. The number of anilines is 1. The van der Waals surface area contributed by atoms with Crippen LogP contribution in [0.5, 0.6) is 5.75 Å². The van der Waals surface area contributed by atoms with Crippen molar-refractivity contribution in [1.82, 2.24) is 9.88 Å². The molecule has 1 saturated heterocycles. The topological polar surface area (TPSA) is 45.7 Å². The Labute approximate surface area is 171 Å². The third-order valence-electron chi connectivity index (χ3n) is 4.67. The Morgan fingerprint density at radius 2 is 2.04 bits per heavy atom. The molecule has 0 atom stereocenters. The minimum atomic E-state index is -0.450. The van der Waals surface area contributed by atoms with Gasteiger partial charge in [-0.25, -0.2) is 9.37 Å². The van der Waals surface area contributed by atoms with Crippen molar-refractivity contribution in [2.75, 3.05) is 37.7 Å². The number of halogens is 2. The highest BCUT2D eigenvalue weighted by molar-refractivity contribution is 7.22. The molecular weight excluding hydrogens is 401 g/mol. The molecule has 1 aliphatic heterocycles. The monoisotopic (exact) mass is 419 g/mol. The van der Waals surface area contributed by atoms with Crippen LogP contribution < -0.4 is 9.64 Å². The van der Waals surface area contributed by atoms with E-state index in [2.05, 4.69) is 4.90 Å². The van der Waals surface area contributed by atoms with Crippen molar-refractivity contribution in [3.63, 3.8) is 0 Å². The number of carbonyl (C=O) groups excluding carboxylic acids is 1. The zero-order valence-electron chi connectivity index (χ0n) is 15.3. The second-order valence-electron chi connectivity index (χ2n) is 6.44. The Balaban J connectivity index is 1.47. The van der Waals surface area contributed by atoms with E-state index in [9.17, 15) is 9.18 Å². The molecule has 1 fully saturated rings. The second kappa shape index (κ2) is 7.93. The number of hydrogen-bond donors (Lipinski definition) is 0. The van der Waals surface area contributed by atoms with Gasteiger partial charge in [0.1, 0.15) is 17.1 Å². The zero-order chi connectivity index (χ0) is 19.7. The summed E-state index contributed by atoms with van der Waals surface area (Å²) in [5.41, 5.74) is 1.21. The molecule has 1 amide bonds. The first-order chi connectivity index (χ1) is 13.6. The van der Waals surface area contributed by atoms with Crippen LogP contribution in [0.4, 0.5) is 9.52 Å². The number of para-hydroxylation sites is 1. The second-order valence-corrected chi connectivity index (χ2v) is 7.85. The largest absolute Gasteiger partial charge is 0.492 e. The Morgan fingerprint density at radius 3 is 2.75 bits per heavy atom. The summed E-state index contributed by atoms with van der Waals surface area (Å²) in [4.78, 5) is 21.4. The Bertz CT molecular complexity index is 1020. The molecule has 2 heterocycles. The van der Waals surface area contributed by atoms with Gasteiger partial charge < -0.3 is 14.5 Å². The van der Waals surface area contributed by atoms with Crippen molar-refractivity contribution >= 4 is 44.2 Å². The van der Waals surface area contributed by atoms with Gasteiger partial charge in [-0.3, -0.25) is 4.79 Å². The molecule has 2 aromatic carbocycles. The van der Waals surface area contributed by atoms with Crippen molar-refractivity contribution < 1.29 is 13.9 Å². The highest BCUT2D eigenvalue weighted by Crippen LogP contribution is 2.34. The molecule has 0 saturated carbocycles. The summed E-state index contributed by atoms with van der Waals surface area (Å²) in [6.07, 6.45) is 0. The fourth-order valence-electron chi connectivity index (χ4n) is 3.25. The van der Waals surface area contributed by atoms with Gasteiger partial charge in [0.2, 0.25) is 0 Å². The molecule has 0 unspecified atom stereocenters. The van der Waals surface area contributed by atoms with E-state index < -0.39 is 5.82 Å². The number of benzene rings is 2. The van der Waals surface area contributed by atoms with Gasteiger partial charge in [0.05, 0.1) is 21.9 Å². The van der Waals surface area contributed by atoms with E-state index in [4.69, 9.17) is 21.3 Å². The molecular formula is C20H19ClFN3O2S. The lowest BCUT2D eigenvalue weighted by Crippen LogP contribution is -2.48. The molecule has 0 bridgehead atoms. The van der Waals surface area contributed by atoms with Gasteiger partial charge in [-0.1, -0.05) is 29.0 Å². The van der Waals surface area contributed by atoms with Crippen LogP contribution in [0.15, 0.2) is 36.4 Å². The van der Waals surface area contributed by atoms with E-state index in [0.717, 1.165) is 21.1 Å². The summed E-state index contributed by atoms with van der Waals surface area (Å²) in [6.45, 7) is 5.01. The van der Waals surface area contributed by atoms with Crippen LogP contribution in [-0.4, -0.2) is 48.6 Å². The molecule has 1 aliphatic rings. The quantitative estimate of drug-likeness (QED) is 0.626. The molecule has 0 spiro atoms. The summed E-state index contributed by atoms with van der Waals surface area (Å²) >= 11 is 7.66. The third-order valence-corrected chi connectivity index (χ3v) is 6.06. The average molecular weight is 420 g/mol. The lowest BCUT2D eigenvalue weighted by Gasteiger charge is -2.34. The van der Waals surface area contributed by atoms with Gasteiger partial charge in [-0.15, -0.1) is 0 Å². The van der Waals surface area contributed by atoms with Crippen LogP contribution in [-0.2, 0) is 0 Å². The number of rotatable bonds is 4. The maximum absolute atomic E-state index is 13.2. The van der Waals surface area contributed by atoms with Crippen molar-refractivity contribution in [3.8, 4) is 5.75 Å². The number of carbonyl (C=O) groups is 1. The highest BCUT2D eigenvalue weighted by Gasteiger charge is 2.25. The van der Waals surface area contributed by atoms with Crippen LogP contribution in [0, 0.1) is 5.82 Å². The smallest absolute Gasteiger partial charge is 0.255 e. The molecule has 1 aromatic heterocycles. The van der Waals surface area contributed by atoms with Gasteiger partial charge in [0, 0.05) is 26.2 Å². The predicted molar refractivity (Wildman–Crippen MR) is 110 cm³/mol. The Morgan fingerprint density at radius 1 is 1.25 bits per heavy atom. The summed E-state index contributed by atoms with van der Waals surface area (Å²) in [5.74, 6) is 0.170. The van der Waals surface area contributed by atoms with Crippen LogP contribution in [0.25, 0.3) is 10.2 Å². The van der Waals surface area contributed by atoms with Crippen LogP contribution in [0.1, 0.15) is 17.3 Å². The molecule has 146 valence electrons. The highest BCUT2D eigenvalue weighted by atomic mass is 35.5. The molecule has 0 radical (unpaired) electrons. The first-order valence-corrected chi connectivity index (χ1v) is 10.3. The summed E-state index contributed by atoms with van der Waals surface area (Å²) < 4.78 is 20.0. The van der Waals surface area contributed by atoms with Crippen LogP contribution in [0.3, 0.4) is 0 Å². The Hall–Kier alpha value is -2.38. The maximum atomic E-state index is 13.2. The summed E-state index contributed by atoms with van der Waals surface area (Å²) in [6, 6.07) is 9.80. The minimum absolute atomic E-state index is 0.141. The van der Waals surface area contributed by atoms with Crippen molar-refractivity contribution in [2.45, 2.75) is 6.92 Å². The van der Waals surface area contributed by atoms with Gasteiger partial charge in [0.25, 0.3) is 5.91 Å². The first kappa shape index (κ1) is 19.0. The number of amides is 1. The third kappa shape index (κ3) is 3.64. The molecule has 0 aliphatic carbocycles. The lowest BCUT2D eigenvalue weighted by molar-refractivity contribution is 0.0747. The van der Waals surface area contributed by atoms with Crippen molar-refractivity contribution in [2.24, 2.45) is 0 Å². The number of aromatic nitrogens is 1. The zero-order valence-corrected chi connectivity index (χ0v) is 16.9. The molecule has 28 heavy (non-hydrogen) atoms. The van der Waals surface area contributed by atoms with E-state index >= 15 is 0 Å². The molecule has 3 aromatic rings. The van der Waals surface area contributed by atoms with Gasteiger partial charge in [-0.05, 0) is 37.3 Å². The van der Waals surface area contributed by atoms with Gasteiger partial charge in [-0.2, -0.15) is 0 Å². The minimum Gasteiger partial charge on any atom is -0.492 e. The fourth-order valence-corrected chi connectivity index (χ4v) is 4.54. The number of piperazine rings is 1. The number of hydrogen-bond acceptors (Lipinski definition) is 5. The molecule has 8 heteroatoms. The first-order valence-electron chi connectivity index (χ1n) is 9.08. The number of ether oxygens (including phenoxy) is 1. The number of fused-ring (bicyclic) bond motifs is 1. The fraction of sp³-hybridized carbons (Fsp3) is 0.300. The lowest BCUT2D eigenvalue weighted by atomic mass is 10.1. The summed E-state index contributed by atoms with van der Waals surface area (Å²) in [5, 5.41) is 1.07. The molecule has 4 rings (SSSR count). The Kier molecular flexibility index (Phi) is 5.37. The molecule has 5 nitrogen and oxygen atoms in total. The normalized spacial score (nSPS) is 14.5. The van der Waals surface area contributed by atoms with Gasteiger partial charge >= 0.3 is 0 Å². The average Bonchev–Trinajstić information content (AvgIpc) is 3.13. The van der Waals surface area contributed by atoms with E-state index in [1.54, 1.807) is 16.2 Å². The SMILES string of the molecule is CCOc1cccc2sc(N3CCN(C(=O)c4ccc(F)cc4Cl)CC3)nc12.